The summed E-state index contributed by atoms with van der Waals surface area (Å²) < 4.78 is 39.5. The molecule has 2 aromatic carbocycles. The van der Waals surface area contributed by atoms with Crippen molar-refractivity contribution in [3.63, 3.8) is 0 Å². The van der Waals surface area contributed by atoms with Gasteiger partial charge in [-0.25, -0.2) is 0 Å². The van der Waals surface area contributed by atoms with Crippen molar-refractivity contribution in [2.24, 2.45) is 11.7 Å². The molecule has 45 heavy (non-hydrogen) atoms. The summed E-state index contributed by atoms with van der Waals surface area (Å²) >= 11 is 0. The van der Waals surface area contributed by atoms with E-state index in [0.29, 0.717) is 5.56 Å². The molecular weight excluding hydrogens is 595 g/mol. The number of rotatable bonds is 16. The molecule has 2 rings (SSSR count). The van der Waals surface area contributed by atoms with Gasteiger partial charge in [-0.15, -0.1) is 0 Å². The Morgan fingerprint density at radius 3 is 1.84 bits per heavy atom. The molecule has 0 saturated heterocycles. The lowest BCUT2D eigenvalue weighted by molar-refractivity contribution is -0.212. The van der Waals surface area contributed by atoms with E-state index in [1.54, 1.807) is 68.4 Å². The normalized spacial score (nSPS) is 14.8. The average molecular weight is 636 g/mol. The number of hydrogen-bond donors (Lipinski definition) is 6. The summed E-state index contributed by atoms with van der Waals surface area (Å²) in [5.74, 6) is -4.25. The maximum Gasteiger partial charge on any atom is 0.416 e. The molecule has 0 bridgehead atoms. The minimum Gasteiger partial charge on any atom is -0.382 e. The third-order valence-corrected chi connectivity index (χ3v) is 6.89. The zero-order valence-corrected chi connectivity index (χ0v) is 25.3. The molecule has 5 amide bonds. The number of nitrogens with one attached hydrogen (secondary N) is 4. The topological polar surface area (TPSA) is 180 Å². The molecule has 246 valence electrons. The molecule has 2 aromatic rings. The predicted octanol–water partition coefficient (Wildman–Crippen LogP) is 1.28. The first-order chi connectivity index (χ1) is 21.1. The van der Waals surface area contributed by atoms with Gasteiger partial charge in [-0.05, 0) is 30.4 Å². The highest BCUT2D eigenvalue weighted by Crippen LogP contribution is 2.24. The number of carbonyl (C=O) groups is 5. The molecule has 0 spiro atoms. The van der Waals surface area contributed by atoms with Crippen LogP contribution in [0.15, 0.2) is 60.7 Å². The average Bonchev–Trinajstić information content (AvgIpc) is 2.97. The Labute approximate surface area is 259 Å². The largest absolute Gasteiger partial charge is 0.416 e. The van der Waals surface area contributed by atoms with Crippen LogP contribution in [-0.2, 0) is 36.8 Å². The first-order valence-corrected chi connectivity index (χ1v) is 14.4. The van der Waals surface area contributed by atoms with Crippen LogP contribution < -0.4 is 27.0 Å². The number of hydrogen-bond acceptors (Lipinski definition) is 6. The smallest absolute Gasteiger partial charge is 0.382 e. The summed E-state index contributed by atoms with van der Waals surface area (Å²) in [4.78, 5) is 63.4. The first kappa shape index (κ1) is 36.7. The molecule has 0 radical (unpaired) electrons. The SMILES string of the molecule is CC(NC(=O)C(Cc1ccccc1)NC(=O)C(NC(=O)Cc1ccccc1)C(C)C)C(=O)NC(CCC(N)=O)C(O)C(F)(F)F. The van der Waals surface area contributed by atoms with Crippen LogP contribution >= 0.6 is 0 Å². The van der Waals surface area contributed by atoms with Gasteiger partial charge in [0, 0.05) is 12.8 Å². The number of aliphatic hydroxyl groups is 1. The maximum absolute atomic E-state index is 13.4. The van der Waals surface area contributed by atoms with Crippen molar-refractivity contribution in [2.75, 3.05) is 0 Å². The van der Waals surface area contributed by atoms with Crippen molar-refractivity contribution in [2.45, 2.75) is 82.9 Å². The Hall–Kier alpha value is -4.46. The standard InChI is InChI=1S/C31H40F3N5O6/c1-18(2)26(39-25(41)17-21-12-8-5-9-13-21)30(45)38-23(16-20-10-6-4-7-11-20)29(44)36-19(3)28(43)37-22(14-15-24(35)40)27(42)31(32,33)34/h4-13,18-19,22-23,26-27,42H,14-17H2,1-3H3,(H2,35,40)(H,36,44)(H,37,43)(H,38,45)(H,39,41). The summed E-state index contributed by atoms with van der Waals surface area (Å²) in [7, 11) is 0. The third kappa shape index (κ3) is 12.6. The second-order valence-electron chi connectivity index (χ2n) is 11.0. The van der Waals surface area contributed by atoms with Crippen molar-refractivity contribution >= 4 is 29.5 Å². The van der Waals surface area contributed by atoms with Gasteiger partial charge in [-0.2, -0.15) is 13.2 Å². The highest BCUT2D eigenvalue weighted by Gasteiger charge is 2.44. The van der Waals surface area contributed by atoms with Gasteiger partial charge in [-0.3, -0.25) is 24.0 Å². The molecule has 0 aliphatic heterocycles. The van der Waals surface area contributed by atoms with E-state index in [2.05, 4.69) is 16.0 Å². The summed E-state index contributed by atoms with van der Waals surface area (Å²) in [5.41, 5.74) is 6.41. The van der Waals surface area contributed by atoms with Crippen LogP contribution in [0.25, 0.3) is 0 Å². The molecule has 0 fully saturated rings. The van der Waals surface area contributed by atoms with Crippen LogP contribution in [0, 0.1) is 5.92 Å². The van der Waals surface area contributed by atoms with Gasteiger partial charge in [0.1, 0.15) is 18.1 Å². The zero-order valence-electron chi connectivity index (χ0n) is 25.3. The van der Waals surface area contributed by atoms with Gasteiger partial charge in [-0.1, -0.05) is 74.5 Å². The van der Waals surface area contributed by atoms with Crippen LogP contribution in [0.5, 0.6) is 0 Å². The van der Waals surface area contributed by atoms with E-state index in [1.165, 1.54) is 6.92 Å². The van der Waals surface area contributed by atoms with Crippen LogP contribution in [0.1, 0.15) is 44.7 Å². The zero-order chi connectivity index (χ0) is 33.7. The van der Waals surface area contributed by atoms with Crippen LogP contribution in [0.3, 0.4) is 0 Å². The number of amides is 5. The van der Waals surface area contributed by atoms with Gasteiger partial charge in [0.15, 0.2) is 6.10 Å². The molecule has 7 N–H and O–H groups in total. The van der Waals surface area contributed by atoms with Crippen molar-refractivity contribution in [3.8, 4) is 0 Å². The van der Waals surface area contributed by atoms with Gasteiger partial charge in [0.2, 0.25) is 29.5 Å². The summed E-state index contributed by atoms with van der Waals surface area (Å²) in [6, 6.07) is 12.0. The highest BCUT2D eigenvalue weighted by atomic mass is 19.4. The van der Waals surface area contributed by atoms with E-state index < -0.39 is 78.8 Å². The monoisotopic (exact) mass is 635 g/mol. The fourth-order valence-electron chi connectivity index (χ4n) is 4.38. The van der Waals surface area contributed by atoms with Gasteiger partial charge in [0.25, 0.3) is 0 Å². The quantitative estimate of drug-likeness (QED) is 0.162. The van der Waals surface area contributed by atoms with Crippen molar-refractivity contribution in [1.82, 2.24) is 21.3 Å². The maximum atomic E-state index is 13.4. The minimum absolute atomic E-state index is 0.0104. The van der Waals surface area contributed by atoms with E-state index >= 15 is 0 Å². The number of aliphatic hydroxyl groups excluding tert-OH is 1. The van der Waals surface area contributed by atoms with E-state index in [1.807, 2.05) is 11.4 Å². The fraction of sp³-hybridized carbons (Fsp3) is 0.452. The molecule has 14 heteroatoms. The van der Waals surface area contributed by atoms with E-state index in [0.717, 1.165) is 5.56 Å². The summed E-state index contributed by atoms with van der Waals surface area (Å²) in [6.07, 6.45) is -9.20. The Morgan fingerprint density at radius 2 is 1.33 bits per heavy atom. The highest BCUT2D eigenvalue weighted by molar-refractivity contribution is 5.94. The molecule has 5 unspecified atom stereocenters. The van der Waals surface area contributed by atoms with E-state index in [4.69, 9.17) is 5.73 Å². The van der Waals surface area contributed by atoms with E-state index in [9.17, 15) is 42.3 Å². The summed E-state index contributed by atoms with van der Waals surface area (Å²) in [5, 5.41) is 19.5. The lowest BCUT2D eigenvalue weighted by Gasteiger charge is -2.28. The van der Waals surface area contributed by atoms with Crippen LogP contribution in [0.4, 0.5) is 13.2 Å². The summed E-state index contributed by atoms with van der Waals surface area (Å²) in [6.45, 7) is 4.64. The van der Waals surface area contributed by atoms with E-state index in [-0.39, 0.29) is 18.8 Å². The third-order valence-electron chi connectivity index (χ3n) is 6.89. The Balaban J connectivity index is 2.18. The molecule has 0 heterocycles. The van der Waals surface area contributed by atoms with Crippen molar-refractivity contribution in [1.29, 1.82) is 0 Å². The molecule has 0 saturated carbocycles. The number of halogens is 3. The number of carbonyl (C=O) groups excluding carboxylic acids is 5. The van der Waals surface area contributed by atoms with Crippen LogP contribution in [0.2, 0.25) is 0 Å². The molecule has 5 atom stereocenters. The number of benzene rings is 2. The Kier molecular flexibility index (Phi) is 14.0. The Morgan fingerprint density at radius 1 is 0.778 bits per heavy atom. The second kappa shape index (κ2) is 17.1. The fourth-order valence-corrected chi connectivity index (χ4v) is 4.38. The molecular formula is C31H40F3N5O6. The minimum atomic E-state index is -5.10. The van der Waals surface area contributed by atoms with Crippen LogP contribution in [-0.4, -0.2) is 71.1 Å². The molecule has 0 aliphatic carbocycles. The molecule has 0 aliphatic rings. The molecule has 0 aromatic heterocycles. The number of nitrogens with two attached hydrogens (primary N) is 1. The lowest BCUT2D eigenvalue weighted by Crippen LogP contribution is -2.59. The van der Waals surface area contributed by atoms with Crippen molar-refractivity contribution < 1.29 is 42.3 Å². The van der Waals surface area contributed by atoms with Gasteiger partial charge >= 0.3 is 6.18 Å². The molecule has 11 nitrogen and oxygen atoms in total. The van der Waals surface area contributed by atoms with Gasteiger partial charge < -0.3 is 32.1 Å². The van der Waals surface area contributed by atoms with Crippen molar-refractivity contribution in [3.05, 3.63) is 71.8 Å². The number of primary amides is 1. The Bertz CT molecular complexity index is 1290. The van der Waals surface area contributed by atoms with Gasteiger partial charge in [0.05, 0.1) is 12.5 Å². The first-order valence-electron chi connectivity index (χ1n) is 14.4. The second-order valence-corrected chi connectivity index (χ2v) is 11.0. The predicted molar refractivity (Wildman–Crippen MR) is 159 cm³/mol. The number of alkyl halides is 3. The lowest BCUT2D eigenvalue weighted by atomic mass is 10.00.